The predicted octanol–water partition coefficient (Wildman–Crippen LogP) is 3.10. The highest BCUT2D eigenvalue weighted by Gasteiger charge is 2.25. The fraction of sp³-hybridized carbons (Fsp3) is 0.350. The molecular formula is C20H22F2N2O3S. The highest BCUT2D eigenvalue weighted by molar-refractivity contribution is 7.92. The molecule has 2 aromatic rings. The Hall–Kier alpha value is -2.48. The molecule has 2 aromatic carbocycles. The molecule has 0 radical (unpaired) electrons. The van der Waals surface area contributed by atoms with E-state index in [1.54, 1.807) is 6.92 Å². The maximum Gasteiger partial charge on any atom is 0.241 e. The quantitative estimate of drug-likeness (QED) is 0.799. The number of hydrogen-bond acceptors (Lipinski definition) is 3. The van der Waals surface area contributed by atoms with E-state index in [0.29, 0.717) is 10.4 Å². The zero-order chi connectivity index (χ0) is 20.5. The fourth-order valence-electron chi connectivity index (χ4n) is 3.43. The Labute approximate surface area is 163 Å². The van der Waals surface area contributed by atoms with Crippen molar-refractivity contribution in [2.24, 2.45) is 0 Å². The van der Waals surface area contributed by atoms with Crippen LogP contribution in [0.5, 0.6) is 0 Å². The van der Waals surface area contributed by atoms with Crippen molar-refractivity contribution in [2.75, 3.05) is 17.1 Å². The normalized spacial score (nSPS) is 14.4. The average molecular weight is 408 g/mol. The summed E-state index contributed by atoms with van der Waals surface area (Å²) < 4.78 is 52.0. The molecule has 5 nitrogen and oxygen atoms in total. The first-order chi connectivity index (χ1) is 13.1. The fourth-order valence-corrected chi connectivity index (χ4v) is 4.28. The van der Waals surface area contributed by atoms with Gasteiger partial charge in [0.15, 0.2) is 0 Å². The maximum atomic E-state index is 14.1. The van der Waals surface area contributed by atoms with E-state index < -0.39 is 34.1 Å². The Bertz CT molecular complexity index is 1010. The van der Waals surface area contributed by atoms with E-state index in [9.17, 15) is 22.0 Å². The van der Waals surface area contributed by atoms with Gasteiger partial charge in [-0.05, 0) is 55.0 Å². The summed E-state index contributed by atoms with van der Waals surface area (Å²) in [5.41, 5.74) is 3.14. The number of carbonyl (C=O) groups is 1. The highest BCUT2D eigenvalue weighted by atomic mass is 32.2. The summed E-state index contributed by atoms with van der Waals surface area (Å²) in [7, 11) is -3.95. The van der Waals surface area contributed by atoms with Gasteiger partial charge < -0.3 is 5.32 Å². The van der Waals surface area contributed by atoms with Crippen LogP contribution in [0, 0.1) is 11.6 Å². The van der Waals surface area contributed by atoms with E-state index in [4.69, 9.17) is 0 Å². The molecule has 0 aromatic heterocycles. The van der Waals surface area contributed by atoms with Gasteiger partial charge in [-0.25, -0.2) is 17.2 Å². The van der Waals surface area contributed by atoms with Gasteiger partial charge in [-0.1, -0.05) is 18.2 Å². The van der Waals surface area contributed by atoms with Crippen LogP contribution >= 0.6 is 0 Å². The number of nitrogens with one attached hydrogen (secondary N) is 1. The second-order valence-corrected chi connectivity index (χ2v) is 8.94. The molecule has 1 N–H and O–H groups in total. The number of anilines is 1. The molecule has 0 unspecified atom stereocenters. The van der Waals surface area contributed by atoms with Gasteiger partial charge in [0.2, 0.25) is 15.9 Å². The van der Waals surface area contributed by atoms with Crippen LogP contribution in [0.25, 0.3) is 0 Å². The number of hydrogen-bond donors (Lipinski definition) is 1. The van der Waals surface area contributed by atoms with Crippen LogP contribution in [0.15, 0.2) is 36.4 Å². The van der Waals surface area contributed by atoms with Crippen LogP contribution in [-0.4, -0.2) is 27.1 Å². The third kappa shape index (κ3) is 4.49. The molecule has 1 amide bonds. The van der Waals surface area contributed by atoms with Gasteiger partial charge >= 0.3 is 0 Å². The van der Waals surface area contributed by atoms with Crippen molar-refractivity contribution in [3.8, 4) is 0 Å². The number of amides is 1. The Kier molecular flexibility index (Phi) is 5.69. The summed E-state index contributed by atoms with van der Waals surface area (Å²) in [6.07, 6.45) is 4.05. The third-order valence-electron chi connectivity index (χ3n) is 4.87. The van der Waals surface area contributed by atoms with E-state index in [-0.39, 0.29) is 11.7 Å². The Morgan fingerprint density at radius 2 is 1.86 bits per heavy atom. The summed E-state index contributed by atoms with van der Waals surface area (Å²) in [5, 5.41) is 2.75. The van der Waals surface area contributed by atoms with Crippen LogP contribution in [0.4, 0.5) is 14.5 Å². The van der Waals surface area contributed by atoms with Crippen molar-refractivity contribution in [2.45, 2.75) is 32.2 Å². The van der Waals surface area contributed by atoms with Crippen molar-refractivity contribution in [3.05, 3.63) is 64.7 Å². The van der Waals surface area contributed by atoms with Gasteiger partial charge in [0.25, 0.3) is 0 Å². The van der Waals surface area contributed by atoms with Gasteiger partial charge in [-0.2, -0.15) is 0 Å². The summed E-state index contributed by atoms with van der Waals surface area (Å²) in [5.74, 6) is -2.46. The molecule has 1 aliphatic carbocycles. The number of aryl methyl sites for hydroxylation is 2. The SMILES string of the molecule is C[C@H](NC(=O)CN(c1ccc(F)cc1F)S(C)(=O)=O)c1ccc2c(c1)CCC2. The van der Waals surface area contributed by atoms with E-state index in [1.807, 2.05) is 6.07 Å². The van der Waals surface area contributed by atoms with Crippen molar-refractivity contribution < 1.29 is 22.0 Å². The van der Waals surface area contributed by atoms with Crippen LogP contribution in [-0.2, 0) is 27.7 Å². The monoisotopic (exact) mass is 408 g/mol. The van der Waals surface area contributed by atoms with Gasteiger partial charge in [0.1, 0.15) is 18.2 Å². The molecule has 8 heteroatoms. The standard InChI is InChI=1S/C20H22F2N2O3S/c1-13(15-7-6-14-4-3-5-16(14)10-15)23-20(25)12-24(28(2,26)27)19-9-8-17(21)11-18(19)22/h6-11,13H,3-5,12H2,1-2H3,(H,23,25)/t13-/m0/s1. The molecule has 0 saturated heterocycles. The Balaban J connectivity index is 1.75. The Morgan fingerprint density at radius 1 is 1.14 bits per heavy atom. The molecular weight excluding hydrogens is 386 g/mol. The van der Waals surface area contributed by atoms with Crippen LogP contribution in [0.1, 0.15) is 36.1 Å². The molecule has 1 aliphatic rings. The second-order valence-electron chi connectivity index (χ2n) is 7.04. The molecule has 150 valence electrons. The van der Waals surface area contributed by atoms with Gasteiger partial charge in [0.05, 0.1) is 18.0 Å². The lowest BCUT2D eigenvalue weighted by Crippen LogP contribution is -2.41. The van der Waals surface area contributed by atoms with Gasteiger partial charge in [-0.15, -0.1) is 0 Å². The summed E-state index contributed by atoms with van der Waals surface area (Å²) in [6.45, 7) is 1.20. The Morgan fingerprint density at radius 3 is 2.54 bits per heavy atom. The van der Waals surface area contributed by atoms with E-state index in [1.165, 1.54) is 11.1 Å². The summed E-state index contributed by atoms with van der Waals surface area (Å²) >= 11 is 0. The second kappa shape index (κ2) is 7.87. The van der Waals surface area contributed by atoms with Crippen LogP contribution < -0.4 is 9.62 Å². The number of halogens is 2. The highest BCUT2D eigenvalue weighted by Crippen LogP contribution is 2.26. The van der Waals surface area contributed by atoms with Crippen molar-refractivity contribution in [3.63, 3.8) is 0 Å². The summed E-state index contributed by atoms with van der Waals surface area (Å²) in [4.78, 5) is 12.5. The average Bonchev–Trinajstić information content (AvgIpc) is 3.07. The first kappa shape index (κ1) is 20.3. The number of carbonyl (C=O) groups excluding carboxylic acids is 1. The summed E-state index contributed by atoms with van der Waals surface area (Å²) in [6, 6.07) is 8.25. The van der Waals surface area contributed by atoms with Crippen LogP contribution in [0.3, 0.4) is 0 Å². The lowest BCUT2D eigenvalue weighted by atomic mass is 10.0. The first-order valence-corrected chi connectivity index (χ1v) is 10.8. The lowest BCUT2D eigenvalue weighted by molar-refractivity contribution is -0.120. The number of fused-ring (bicyclic) bond motifs is 1. The number of benzene rings is 2. The number of nitrogens with zero attached hydrogens (tertiary/aromatic N) is 1. The minimum atomic E-state index is -3.95. The first-order valence-electron chi connectivity index (χ1n) is 8.99. The van der Waals surface area contributed by atoms with Gasteiger partial charge in [0, 0.05) is 6.07 Å². The molecule has 0 saturated carbocycles. The van der Waals surface area contributed by atoms with Gasteiger partial charge in [-0.3, -0.25) is 9.10 Å². The van der Waals surface area contributed by atoms with Crippen molar-refractivity contribution in [1.29, 1.82) is 0 Å². The molecule has 0 bridgehead atoms. The van der Waals surface area contributed by atoms with E-state index >= 15 is 0 Å². The molecule has 0 fully saturated rings. The smallest absolute Gasteiger partial charge is 0.241 e. The molecule has 3 rings (SSSR count). The van der Waals surface area contributed by atoms with E-state index in [2.05, 4.69) is 17.4 Å². The minimum Gasteiger partial charge on any atom is -0.348 e. The van der Waals surface area contributed by atoms with E-state index in [0.717, 1.165) is 43.2 Å². The zero-order valence-corrected chi connectivity index (χ0v) is 16.5. The lowest BCUT2D eigenvalue weighted by Gasteiger charge is -2.23. The van der Waals surface area contributed by atoms with Crippen LogP contribution in [0.2, 0.25) is 0 Å². The maximum absolute atomic E-state index is 14.1. The number of rotatable bonds is 6. The molecule has 0 heterocycles. The molecule has 28 heavy (non-hydrogen) atoms. The number of sulfonamides is 1. The molecule has 1 atom stereocenters. The molecule has 0 aliphatic heterocycles. The largest absolute Gasteiger partial charge is 0.348 e. The zero-order valence-electron chi connectivity index (χ0n) is 15.7. The van der Waals surface area contributed by atoms with Crippen molar-refractivity contribution in [1.82, 2.24) is 5.32 Å². The van der Waals surface area contributed by atoms with Crippen molar-refractivity contribution >= 4 is 21.6 Å². The topological polar surface area (TPSA) is 66.5 Å². The predicted molar refractivity (Wildman–Crippen MR) is 104 cm³/mol. The minimum absolute atomic E-state index is 0.335. The molecule has 0 spiro atoms. The third-order valence-corrected chi connectivity index (χ3v) is 5.99.